The minimum absolute atomic E-state index is 0. The first kappa shape index (κ1) is 16.0. The monoisotopic (exact) mass is 282 g/mol. The topological polar surface area (TPSA) is 41.1 Å². The Morgan fingerprint density at radius 2 is 2.05 bits per heavy atom. The fraction of sp³-hybridized carbons (Fsp3) is 0.533. The molecule has 19 heavy (non-hydrogen) atoms. The molecule has 1 aliphatic heterocycles. The van der Waals surface area contributed by atoms with E-state index in [-0.39, 0.29) is 18.3 Å². The quantitative estimate of drug-likeness (QED) is 0.875. The second kappa shape index (κ2) is 6.92. The van der Waals surface area contributed by atoms with E-state index in [2.05, 4.69) is 24.5 Å². The standard InChI is InChI=1S/C15H22N2O.ClH/c1-10-4-5-13(8-11(10)2)15(18)17-14-6-7-16-12(3)9-14;/h4-5,8,12,14,16H,6-7,9H2,1-3H3,(H,17,18);1H. The summed E-state index contributed by atoms with van der Waals surface area (Å²) in [7, 11) is 0. The minimum atomic E-state index is 0. The van der Waals surface area contributed by atoms with Gasteiger partial charge in [-0.1, -0.05) is 6.07 Å². The van der Waals surface area contributed by atoms with Crippen molar-refractivity contribution in [3.05, 3.63) is 34.9 Å². The highest BCUT2D eigenvalue weighted by atomic mass is 35.5. The molecule has 1 amide bonds. The molecule has 4 heteroatoms. The molecule has 0 radical (unpaired) electrons. The van der Waals surface area contributed by atoms with Gasteiger partial charge in [-0.3, -0.25) is 4.79 Å². The van der Waals surface area contributed by atoms with Crippen LogP contribution in [0.15, 0.2) is 18.2 Å². The normalized spacial score (nSPS) is 22.5. The van der Waals surface area contributed by atoms with Crippen LogP contribution in [0.1, 0.15) is 41.3 Å². The number of carbonyl (C=O) groups is 1. The van der Waals surface area contributed by atoms with Gasteiger partial charge >= 0.3 is 0 Å². The van der Waals surface area contributed by atoms with Crippen LogP contribution in [0.25, 0.3) is 0 Å². The highest BCUT2D eigenvalue weighted by molar-refractivity contribution is 5.94. The molecule has 3 nitrogen and oxygen atoms in total. The molecule has 1 aromatic carbocycles. The molecule has 0 aromatic heterocycles. The van der Waals surface area contributed by atoms with Crippen LogP contribution in [0, 0.1) is 13.8 Å². The van der Waals surface area contributed by atoms with Crippen LogP contribution in [-0.2, 0) is 0 Å². The predicted molar refractivity (Wildman–Crippen MR) is 81.1 cm³/mol. The Bertz CT molecular complexity index is 448. The molecule has 0 aliphatic carbocycles. The second-order valence-corrected chi connectivity index (χ2v) is 5.35. The molecular formula is C15H23ClN2O. The van der Waals surface area contributed by atoms with Gasteiger partial charge in [0.15, 0.2) is 0 Å². The molecule has 1 saturated heterocycles. The second-order valence-electron chi connectivity index (χ2n) is 5.35. The lowest BCUT2D eigenvalue weighted by atomic mass is 9.99. The maximum Gasteiger partial charge on any atom is 0.251 e. The van der Waals surface area contributed by atoms with E-state index >= 15 is 0 Å². The summed E-state index contributed by atoms with van der Waals surface area (Å²) >= 11 is 0. The molecule has 2 rings (SSSR count). The van der Waals surface area contributed by atoms with Crippen LogP contribution in [0.3, 0.4) is 0 Å². The summed E-state index contributed by atoms with van der Waals surface area (Å²) in [6.45, 7) is 7.25. The first-order chi connectivity index (χ1) is 8.56. The van der Waals surface area contributed by atoms with Gasteiger partial charge in [0, 0.05) is 17.6 Å². The lowest BCUT2D eigenvalue weighted by Gasteiger charge is -2.28. The number of piperidine rings is 1. The Morgan fingerprint density at radius 1 is 1.32 bits per heavy atom. The average molecular weight is 283 g/mol. The zero-order valence-corrected chi connectivity index (χ0v) is 12.6. The van der Waals surface area contributed by atoms with Crippen LogP contribution in [0.2, 0.25) is 0 Å². The van der Waals surface area contributed by atoms with Gasteiger partial charge in [-0.05, 0) is 63.4 Å². The van der Waals surface area contributed by atoms with E-state index in [0.717, 1.165) is 24.9 Å². The smallest absolute Gasteiger partial charge is 0.251 e. The highest BCUT2D eigenvalue weighted by Crippen LogP contribution is 2.12. The number of benzene rings is 1. The van der Waals surface area contributed by atoms with Gasteiger partial charge in [0.2, 0.25) is 0 Å². The van der Waals surface area contributed by atoms with Gasteiger partial charge in [0.1, 0.15) is 0 Å². The third kappa shape index (κ3) is 4.22. The fourth-order valence-electron chi connectivity index (χ4n) is 2.41. The van der Waals surface area contributed by atoms with Crippen LogP contribution >= 0.6 is 12.4 Å². The lowest BCUT2D eigenvalue weighted by molar-refractivity contribution is 0.0925. The van der Waals surface area contributed by atoms with E-state index in [0.29, 0.717) is 12.1 Å². The van der Waals surface area contributed by atoms with Crippen molar-refractivity contribution in [3.8, 4) is 0 Å². The number of hydrogen-bond donors (Lipinski definition) is 2. The Labute approximate surface area is 121 Å². The first-order valence-electron chi connectivity index (χ1n) is 6.68. The zero-order valence-electron chi connectivity index (χ0n) is 11.8. The van der Waals surface area contributed by atoms with Crippen molar-refractivity contribution in [2.75, 3.05) is 6.54 Å². The number of rotatable bonds is 2. The third-order valence-electron chi connectivity index (χ3n) is 3.73. The van der Waals surface area contributed by atoms with E-state index in [1.54, 1.807) is 0 Å². The molecule has 2 unspecified atom stereocenters. The van der Waals surface area contributed by atoms with Gasteiger partial charge in [0.05, 0.1) is 0 Å². The maximum atomic E-state index is 12.2. The maximum absolute atomic E-state index is 12.2. The molecular weight excluding hydrogens is 260 g/mol. The molecule has 106 valence electrons. The summed E-state index contributed by atoms with van der Waals surface area (Å²) in [5, 5.41) is 6.52. The van der Waals surface area contributed by atoms with Crippen molar-refractivity contribution >= 4 is 18.3 Å². The highest BCUT2D eigenvalue weighted by Gasteiger charge is 2.20. The van der Waals surface area contributed by atoms with Crippen molar-refractivity contribution in [3.63, 3.8) is 0 Å². The van der Waals surface area contributed by atoms with Crippen molar-refractivity contribution in [1.29, 1.82) is 0 Å². The number of nitrogens with one attached hydrogen (secondary N) is 2. The number of hydrogen-bond acceptors (Lipinski definition) is 2. The first-order valence-corrected chi connectivity index (χ1v) is 6.68. The molecule has 1 fully saturated rings. The summed E-state index contributed by atoms with van der Waals surface area (Å²) in [4.78, 5) is 12.2. The van der Waals surface area contributed by atoms with Crippen LogP contribution in [0.4, 0.5) is 0 Å². The van der Waals surface area contributed by atoms with Crippen molar-refractivity contribution < 1.29 is 4.79 Å². The summed E-state index contributed by atoms with van der Waals surface area (Å²) < 4.78 is 0. The third-order valence-corrected chi connectivity index (χ3v) is 3.73. The van der Waals surface area contributed by atoms with E-state index in [4.69, 9.17) is 0 Å². The molecule has 0 saturated carbocycles. The summed E-state index contributed by atoms with van der Waals surface area (Å²) in [6, 6.07) is 6.67. The van der Waals surface area contributed by atoms with E-state index in [1.165, 1.54) is 11.1 Å². The Morgan fingerprint density at radius 3 is 2.68 bits per heavy atom. The SMILES string of the molecule is Cc1ccc(C(=O)NC2CCNC(C)C2)cc1C.Cl. The van der Waals surface area contributed by atoms with Crippen LogP contribution < -0.4 is 10.6 Å². The summed E-state index contributed by atoms with van der Waals surface area (Å²) in [5.41, 5.74) is 3.16. The van der Waals surface area contributed by atoms with Gasteiger partial charge in [-0.25, -0.2) is 0 Å². The predicted octanol–water partition coefficient (Wildman–Crippen LogP) is 2.60. The molecule has 1 aromatic rings. The molecule has 1 aliphatic rings. The van der Waals surface area contributed by atoms with Crippen molar-refractivity contribution in [2.24, 2.45) is 0 Å². The molecule has 0 bridgehead atoms. The van der Waals surface area contributed by atoms with Crippen molar-refractivity contribution in [1.82, 2.24) is 10.6 Å². The minimum Gasteiger partial charge on any atom is -0.349 e. The van der Waals surface area contributed by atoms with Crippen LogP contribution in [0.5, 0.6) is 0 Å². The summed E-state index contributed by atoms with van der Waals surface area (Å²) in [5.74, 6) is 0.0530. The van der Waals surface area contributed by atoms with Gasteiger partial charge in [-0.2, -0.15) is 0 Å². The van der Waals surface area contributed by atoms with Gasteiger partial charge in [-0.15, -0.1) is 12.4 Å². The van der Waals surface area contributed by atoms with Gasteiger partial charge in [0.25, 0.3) is 5.91 Å². The largest absolute Gasteiger partial charge is 0.349 e. The van der Waals surface area contributed by atoms with Gasteiger partial charge < -0.3 is 10.6 Å². The summed E-state index contributed by atoms with van der Waals surface area (Å²) in [6.07, 6.45) is 2.03. The Balaban J connectivity index is 0.00000180. The molecule has 0 spiro atoms. The number of carbonyl (C=O) groups excluding carboxylic acids is 1. The number of halogens is 1. The molecule has 2 atom stereocenters. The number of aryl methyl sites for hydroxylation is 2. The van der Waals surface area contributed by atoms with E-state index < -0.39 is 0 Å². The Hall–Kier alpha value is -1.06. The molecule has 1 heterocycles. The van der Waals surface area contributed by atoms with E-state index in [1.807, 2.05) is 25.1 Å². The van der Waals surface area contributed by atoms with E-state index in [9.17, 15) is 4.79 Å². The lowest BCUT2D eigenvalue weighted by Crippen LogP contribution is -2.46. The molecule has 2 N–H and O–H groups in total. The zero-order chi connectivity index (χ0) is 13.1. The Kier molecular flexibility index (Phi) is 5.83. The number of amides is 1. The van der Waals surface area contributed by atoms with Crippen molar-refractivity contribution in [2.45, 2.75) is 45.7 Å². The fourth-order valence-corrected chi connectivity index (χ4v) is 2.41. The van der Waals surface area contributed by atoms with Crippen LogP contribution in [-0.4, -0.2) is 24.5 Å². The average Bonchev–Trinajstić information content (AvgIpc) is 2.32.